The minimum Gasteiger partial charge on any atom is -0.228 e. The van der Waals surface area contributed by atoms with Gasteiger partial charge in [0, 0.05) is 22.1 Å². The van der Waals surface area contributed by atoms with Gasteiger partial charge in [0.05, 0.1) is 16.8 Å². The highest BCUT2D eigenvalue weighted by Crippen LogP contribution is 2.59. The molecular formula is C64H44N2. The first-order valence-electron chi connectivity index (χ1n) is 23.0. The van der Waals surface area contributed by atoms with Crippen LogP contribution in [0.15, 0.2) is 231 Å². The van der Waals surface area contributed by atoms with Crippen LogP contribution in [0, 0.1) is 0 Å². The Labute approximate surface area is 385 Å². The summed E-state index contributed by atoms with van der Waals surface area (Å²) in [4.78, 5) is 10.9. The highest BCUT2D eigenvalue weighted by molar-refractivity contribution is 6.09. The lowest BCUT2D eigenvalue weighted by atomic mass is 9.67. The van der Waals surface area contributed by atoms with Gasteiger partial charge >= 0.3 is 0 Å². The Kier molecular flexibility index (Phi) is 8.51. The van der Waals surface area contributed by atoms with E-state index in [0.29, 0.717) is 5.82 Å². The van der Waals surface area contributed by atoms with Gasteiger partial charge in [-0.05, 0) is 94.4 Å². The van der Waals surface area contributed by atoms with Crippen LogP contribution in [0.3, 0.4) is 0 Å². The fourth-order valence-electron chi connectivity index (χ4n) is 11.8. The van der Waals surface area contributed by atoms with E-state index in [0.717, 1.165) is 33.5 Å². The van der Waals surface area contributed by atoms with Gasteiger partial charge in [-0.25, -0.2) is 9.97 Å². The van der Waals surface area contributed by atoms with Gasteiger partial charge in [-0.3, -0.25) is 0 Å². The molecule has 13 rings (SSSR count). The summed E-state index contributed by atoms with van der Waals surface area (Å²) in [7, 11) is 0. The number of fused-ring (bicyclic) bond motifs is 9. The number of hydrogen-bond acceptors (Lipinski definition) is 2. The fourth-order valence-corrected chi connectivity index (χ4v) is 11.8. The van der Waals surface area contributed by atoms with Gasteiger partial charge in [-0.1, -0.05) is 238 Å². The van der Waals surface area contributed by atoms with Gasteiger partial charge in [0.25, 0.3) is 0 Å². The summed E-state index contributed by atoms with van der Waals surface area (Å²) >= 11 is 0. The standard InChI is InChI=1S/C64H44N2/c1-63(2)55-34-18-31-50(59(55)53-37-36-41-20-12-13-27-45(41)61(53)63)48-38-39-49(47-29-15-14-28-46(47)48)57-40-58(66-62(65-57)42-21-6-3-7-22-42)52-32-19-35-56-60(52)51-30-16-17-33-54(51)64(56,43-23-8-4-9-24-43)44-25-10-5-11-26-44/h3-40H,1-2H3. The van der Waals surface area contributed by atoms with Crippen molar-refractivity contribution < 1.29 is 0 Å². The lowest BCUT2D eigenvalue weighted by Gasteiger charge is -2.33. The van der Waals surface area contributed by atoms with Gasteiger partial charge in [0.1, 0.15) is 0 Å². The smallest absolute Gasteiger partial charge is 0.160 e. The van der Waals surface area contributed by atoms with Crippen LogP contribution in [0.5, 0.6) is 0 Å². The highest BCUT2D eigenvalue weighted by atomic mass is 14.9. The molecule has 0 saturated carbocycles. The number of aromatic nitrogens is 2. The SMILES string of the molecule is CC1(C)c2cccc(-c3ccc(-c4cc(-c5cccc6c5-c5ccccc5C6(c5ccccc5)c5ccccc5)nc(-c5ccccc5)n4)c4ccccc34)c2-c2ccc3ccccc3c21. The molecule has 11 aromatic rings. The monoisotopic (exact) mass is 840 g/mol. The van der Waals surface area contributed by atoms with Crippen LogP contribution < -0.4 is 0 Å². The second-order valence-corrected chi connectivity index (χ2v) is 18.4. The summed E-state index contributed by atoms with van der Waals surface area (Å²) in [6.45, 7) is 4.77. The van der Waals surface area contributed by atoms with Gasteiger partial charge in [-0.2, -0.15) is 0 Å². The van der Waals surface area contributed by atoms with Crippen LogP contribution in [0.25, 0.3) is 88.8 Å². The molecule has 0 atom stereocenters. The molecule has 2 aliphatic rings. The molecule has 2 heteroatoms. The van der Waals surface area contributed by atoms with Crippen molar-refractivity contribution in [3.63, 3.8) is 0 Å². The lowest BCUT2D eigenvalue weighted by Crippen LogP contribution is -2.28. The first-order valence-corrected chi connectivity index (χ1v) is 23.0. The highest BCUT2D eigenvalue weighted by Gasteiger charge is 2.47. The molecule has 0 N–H and O–H groups in total. The predicted octanol–water partition coefficient (Wildman–Crippen LogP) is 16.1. The minimum absolute atomic E-state index is 0.150. The van der Waals surface area contributed by atoms with E-state index in [-0.39, 0.29) is 5.41 Å². The summed E-state index contributed by atoms with van der Waals surface area (Å²) in [6, 6.07) is 84.2. The molecule has 66 heavy (non-hydrogen) atoms. The Hall–Kier alpha value is -8.20. The quantitative estimate of drug-likeness (QED) is 0.167. The van der Waals surface area contributed by atoms with Crippen molar-refractivity contribution in [2.75, 3.05) is 0 Å². The summed E-state index contributed by atoms with van der Waals surface area (Å²) in [6.07, 6.45) is 0. The van der Waals surface area contributed by atoms with Crippen molar-refractivity contribution in [3.05, 3.63) is 264 Å². The molecule has 0 fully saturated rings. The normalized spacial score (nSPS) is 13.8. The number of nitrogens with zero attached hydrogens (tertiary/aromatic N) is 2. The van der Waals surface area contributed by atoms with E-state index in [4.69, 9.17) is 9.97 Å². The first kappa shape index (κ1) is 38.3. The van der Waals surface area contributed by atoms with Crippen molar-refractivity contribution in [3.8, 4) is 67.3 Å². The molecule has 0 amide bonds. The third kappa shape index (κ3) is 5.48. The van der Waals surface area contributed by atoms with Crippen LogP contribution >= 0.6 is 0 Å². The van der Waals surface area contributed by atoms with Crippen LogP contribution in [0.2, 0.25) is 0 Å². The molecule has 310 valence electrons. The molecule has 0 bridgehead atoms. The van der Waals surface area contributed by atoms with Crippen LogP contribution in [-0.2, 0) is 10.8 Å². The second kappa shape index (κ2) is 14.7. The molecular weight excluding hydrogens is 797 g/mol. The number of rotatable bonds is 6. The van der Waals surface area contributed by atoms with Crippen LogP contribution in [-0.4, -0.2) is 9.97 Å². The van der Waals surface area contributed by atoms with E-state index in [1.54, 1.807) is 0 Å². The van der Waals surface area contributed by atoms with E-state index in [9.17, 15) is 0 Å². The maximum absolute atomic E-state index is 5.47. The number of hydrogen-bond donors (Lipinski definition) is 0. The zero-order valence-corrected chi connectivity index (χ0v) is 36.8. The number of benzene rings is 10. The Morgan fingerprint density at radius 2 is 0.833 bits per heavy atom. The minimum atomic E-state index is -0.519. The van der Waals surface area contributed by atoms with E-state index >= 15 is 0 Å². The van der Waals surface area contributed by atoms with Crippen molar-refractivity contribution in [2.24, 2.45) is 0 Å². The molecule has 1 heterocycles. The van der Waals surface area contributed by atoms with E-state index in [1.165, 1.54) is 82.9 Å². The molecule has 0 unspecified atom stereocenters. The fraction of sp³-hybridized carbons (Fsp3) is 0.0625. The van der Waals surface area contributed by atoms with Crippen molar-refractivity contribution in [2.45, 2.75) is 24.7 Å². The predicted molar refractivity (Wildman–Crippen MR) is 274 cm³/mol. The summed E-state index contributed by atoms with van der Waals surface area (Å²) in [5.41, 5.74) is 19.6. The molecule has 0 aliphatic heterocycles. The van der Waals surface area contributed by atoms with Crippen molar-refractivity contribution in [1.29, 1.82) is 0 Å². The van der Waals surface area contributed by atoms with E-state index in [1.807, 2.05) is 0 Å². The summed E-state index contributed by atoms with van der Waals surface area (Å²) in [5.74, 6) is 0.699. The second-order valence-electron chi connectivity index (χ2n) is 18.4. The molecule has 2 aliphatic carbocycles. The largest absolute Gasteiger partial charge is 0.228 e. The average molecular weight is 841 g/mol. The van der Waals surface area contributed by atoms with E-state index in [2.05, 4.69) is 244 Å². The van der Waals surface area contributed by atoms with Crippen LogP contribution in [0.4, 0.5) is 0 Å². The Morgan fingerprint density at radius 1 is 0.333 bits per heavy atom. The first-order chi connectivity index (χ1) is 32.5. The zero-order chi connectivity index (χ0) is 44.0. The van der Waals surface area contributed by atoms with Crippen LogP contribution in [0.1, 0.15) is 47.2 Å². The van der Waals surface area contributed by atoms with Crippen molar-refractivity contribution in [1.82, 2.24) is 9.97 Å². The lowest BCUT2D eigenvalue weighted by molar-refractivity contribution is 0.666. The third-order valence-corrected chi connectivity index (χ3v) is 14.6. The molecule has 1 aromatic heterocycles. The molecule has 0 saturated heterocycles. The maximum Gasteiger partial charge on any atom is 0.160 e. The Morgan fingerprint density at radius 3 is 1.56 bits per heavy atom. The van der Waals surface area contributed by atoms with Gasteiger partial charge < -0.3 is 0 Å². The van der Waals surface area contributed by atoms with Crippen molar-refractivity contribution >= 4 is 21.5 Å². The summed E-state index contributed by atoms with van der Waals surface area (Å²) < 4.78 is 0. The average Bonchev–Trinajstić information content (AvgIpc) is 3.82. The Balaban J connectivity index is 1.04. The van der Waals surface area contributed by atoms with Gasteiger partial charge in [-0.15, -0.1) is 0 Å². The molecule has 0 radical (unpaired) electrons. The molecule has 10 aromatic carbocycles. The zero-order valence-electron chi connectivity index (χ0n) is 36.8. The Bertz CT molecular complexity index is 3680. The third-order valence-electron chi connectivity index (χ3n) is 14.6. The van der Waals surface area contributed by atoms with E-state index < -0.39 is 5.41 Å². The van der Waals surface area contributed by atoms with Gasteiger partial charge in [0.15, 0.2) is 5.82 Å². The topological polar surface area (TPSA) is 25.8 Å². The molecule has 2 nitrogen and oxygen atoms in total. The summed E-state index contributed by atoms with van der Waals surface area (Å²) in [5, 5.41) is 4.96. The van der Waals surface area contributed by atoms with Gasteiger partial charge in [0.2, 0.25) is 0 Å². The maximum atomic E-state index is 5.47. The molecule has 0 spiro atoms.